The van der Waals surface area contributed by atoms with Crippen molar-refractivity contribution in [2.45, 2.75) is 43.4 Å². The van der Waals surface area contributed by atoms with Crippen LogP contribution in [0, 0.1) is 19.8 Å². The first-order valence-corrected chi connectivity index (χ1v) is 10.7. The summed E-state index contributed by atoms with van der Waals surface area (Å²) in [5, 5.41) is 1.24. The number of thioether (sulfide) groups is 1. The maximum atomic E-state index is 5.01. The molecule has 2 heterocycles. The molecule has 0 bridgehead atoms. The highest BCUT2D eigenvalue weighted by Gasteiger charge is 2.64. The van der Waals surface area contributed by atoms with Crippen molar-refractivity contribution in [2.75, 3.05) is 0 Å². The monoisotopic (exact) mass is 361 g/mol. The molecule has 3 aliphatic rings. The summed E-state index contributed by atoms with van der Waals surface area (Å²) in [5.74, 6) is 0.868. The number of aryl methyl sites for hydroxylation is 2. The van der Waals surface area contributed by atoms with E-state index in [-0.39, 0.29) is 0 Å². The summed E-state index contributed by atoms with van der Waals surface area (Å²) in [6, 6.07) is 13.2. The molecule has 2 aliphatic carbocycles. The Morgan fingerprint density at radius 3 is 2.76 bits per heavy atom. The molecule has 1 spiro atoms. The van der Waals surface area contributed by atoms with Gasteiger partial charge < -0.3 is 0 Å². The summed E-state index contributed by atoms with van der Waals surface area (Å²) < 4.78 is 1.30. The van der Waals surface area contributed by atoms with Crippen molar-refractivity contribution in [1.82, 2.24) is 4.98 Å². The van der Waals surface area contributed by atoms with Gasteiger partial charge in [-0.05, 0) is 73.4 Å². The minimum Gasteiger partial charge on any atom is -0.235 e. The van der Waals surface area contributed by atoms with Crippen LogP contribution in [-0.4, -0.2) is 4.98 Å². The van der Waals surface area contributed by atoms with Crippen LogP contribution in [0.2, 0.25) is 0 Å². The lowest BCUT2D eigenvalue weighted by molar-refractivity contribution is 0.745. The van der Waals surface area contributed by atoms with Crippen LogP contribution in [-0.2, 0) is 5.41 Å². The van der Waals surface area contributed by atoms with Crippen LogP contribution in [0.1, 0.15) is 41.0 Å². The lowest BCUT2D eigenvalue weighted by atomic mass is 9.84. The molecule has 25 heavy (non-hydrogen) atoms. The molecule has 0 amide bonds. The van der Waals surface area contributed by atoms with E-state index in [9.17, 15) is 0 Å². The second-order valence-corrected chi connectivity index (χ2v) is 9.76. The summed E-state index contributed by atoms with van der Waals surface area (Å²) in [5.41, 5.74) is 7.75. The zero-order chi connectivity index (χ0) is 16.8. The fourth-order valence-corrected chi connectivity index (χ4v) is 7.74. The average molecular weight is 362 g/mol. The van der Waals surface area contributed by atoms with Crippen LogP contribution < -0.4 is 0 Å². The summed E-state index contributed by atoms with van der Waals surface area (Å²) in [4.78, 5) is 8.00. The highest BCUT2D eigenvalue weighted by atomic mass is 32.2. The SMILES string of the molecule is Cc1ccc(C)c2c1SC(c1nc3ccccc3s1)=C1CCC3CC123. The number of fused-ring (bicyclic) bond motifs is 2. The highest BCUT2D eigenvalue weighted by Crippen LogP contribution is 2.73. The molecule has 1 aromatic heterocycles. The molecule has 2 aromatic carbocycles. The van der Waals surface area contributed by atoms with Gasteiger partial charge >= 0.3 is 0 Å². The smallest absolute Gasteiger partial charge is 0.131 e. The van der Waals surface area contributed by atoms with Gasteiger partial charge in [-0.25, -0.2) is 4.98 Å². The fraction of sp³-hybridized carbons (Fsp3) is 0.318. The van der Waals surface area contributed by atoms with E-state index in [1.807, 2.05) is 23.1 Å². The predicted octanol–water partition coefficient (Wildman–Crippen LogP) is 6.48. The Labute approximate surface area is 156 Å². The minimum atomic E-state index is 0.351. The molecule has 2 saturated carbocycles. The van der Waals surface area contributed by atoms with Gasteiger partial charge in [-0.3, -0.25) is 0 Å². The number of hydrogen-bond acceptors (Lipinski definition) is 3. The van der Waals surface area contributed by atoms with Crippen molar-refractivity contribution in [1.29, 1.82) is 0 Å². The van der Waals surface area contributed by atoms with Crippen LogP contribution in [0.3, 0.4) is 0 Å². The van der Waals surface area contributed by atoms with Crippen LogP contribution in [0.4, 0.5) is 0 Å². The quantitative estimate of drug-likeness (QED) is 0.492. The minimum absolute atomic E-state index is 0.351. The van der Waals surface area contributed by atoms with Crippen molar-refractivity contribution >= 4 is 38.2 Å². The van der Waals surface area contributed by atoms with Gasteiger partial charge in [-0.2, -0.15) is 0 Å². The number of benzene rings is 2. The van der Waals surface area contributed by atoms with Crippen LogP contribution in [0.25, 0.3) is 15.1 Å². The molecule has 0 saturated heterocycles. The average Bonchev–Trinajstić information content (AvgIpc) is 3.01. The number of hydrogen-bond donors (Lipinski definition) is 0. The molecule has 0 N–H and O–H groups in total. The third-order valence-corrected chi connectivity index (χ3v) is 8.92. The zero-order valence-corrected chi connectivity index (χ0v) is 16.1. The van der Waals surface area contributed by atoms with Gasteiger partial charge in [-0.1, -0.05) is 36.0 Å². The van der Waals surface area contributed by atoms with E-state index in [2.05, 4.69) is 50.2 Å². The van der Waals surface area contributed by atoms with E-state index >= 15 is 0 Å². The maximum absolute atomic E-state index is 5.01. The van der Waals surface area contributed by atoms with Gasteiger partial charge in [0.05, 0.1) is 10.2 Å². The predicted molar refractivity (Wildman–Crippen MR) is 107 cm³/mol. The first-order valence-electron chi connectivity index (χ1n) is 9.06. The molecule has 2 unspecified atom stereocenters. The van der Waals surface area contributed by atoms with Crippen LogP contribution in [0.15, 0.2) is 46.9 Å². The lowest BCUT2D eigenvalue weighted by Crippen LogP contribution is -2.17. The molecule has 0 radical (unpaired) electrons. The standard InChI is InChI=1S/C22H19NS2/c1-12-7-8-13(2)19-18(12)22-11-14(22)9-10-15(22)20(25-19)21-23-16-5-3-4-6-17(16)24-21/h3-8,14H,9-11H2,1-2H3. The van der Waals surface area contributed by atoms with E-state index in [0.717, 1.165) is 11.4 Å². The zero-order valence-electron chi connectivity index (χ0n) is 14.4. The summed E-state index contributed by atoms with van der Waals surface area (Å²) in [6.45, 7) is 4.58. The van der Waals surface area contributed by atoms with Crippen molar-refractivity contribution in [3.8, 4) is 0 Å². The number of thiazole rings is 1. The molecule has 124 valence electrons. The van der Waals surface area contributed by atoms with Crippen molar-refractivity contribution in [2.24, 2.45) is 5.92 Å². The van der Waals surface area contributed by atoms with E-state index < -0.39 is 0 Å². The third kappa shape index (κ3) is 1.78. The summed E-state index contributed by atoms with van der Waals surface area (Å²) in [6.07, 6.45) is 3.97. The second-order valence-electron chi connectivity index (χ2n) is 7.71. The summed E-state index contributed by atoms with van der Waals surface area (Å²) in [7, 11) is 0. The second kappa shape index (κ2) is 4.77. The number of aromatic nitrogens is 1. The Hall–Kier alpha value is -1.58. The van der Waals surface area contributed by atoms with Gasteiger partial charge in [-0.15, -0.1) is 11.3 Å². The molecule has 2 fully saturated rings. The molecule has 6 rings (SSSR count). The van der Waals surface area contributed by atoms with Gasteiger partial charge in [0, 0.05) is 15.2 Å². The Balaban J connectivity index is 1.63. The topological polar surface area (TPSA) is 12.9 Å². The molecular weight excluding hydrogens is 342 g/mol. The van der Waals surface area contributed by atoms with E-state index in [1.54, 1.807) is 11.1 Å². The van der Waals surface area contributed by atoms with Gasteiger partial charge in [0.15, 0.2) is 0 Å². The fourth-order valence-electron chi connectivity index (χ4n) is 5.14. The first kappa shape index (κ1) is 14.6. The Bertz CT molecular complexity index is 1060. The Morgan fingerprint density at radius 1 is 1.08 bits per heavy atom. The van der Waals surface area contributed by atoms with Gasteiger partial charge in [0.25, 0.3) is 0 Å². The van der Waals surface area contributed by atoms with Gasteiger partial charge in [0.2, 0.25) is 0 Å². The summed E-state index contributed by atoms with van der Waals surface area (Å²) >= 11 is 3.86. The van der Waals surface area contributed by atoms with Crippen molar-refractivity contribution in [3.05, 3.63) is 63.7 Å². The Morgan fingerprint density at radius 2 is 1.92 bits per heavy atom. The lowest BCUT2D eigenvalue weighted by Gasteiger charge is -2.30. The molecule has 1 nitrogen and oxygen atoms in total. The Kier molecular flexibility index (Phi) is 2.78. The number of rotatable bonds is 1. The first-order chi connectivity index (χ1) is 12.2. The molecule has 2 atom stereocenters. The third-order valence-electron chi connectivity index (χ3n) is 6.36. The van der Waals surface area contributed by atoms with Gasteiger partial charge in [0.1, 0.15) is 5.01 Å². The highest BCUT2D eigenvalue weighted by molar-refractivity contribution is 8.08. The van der Waals surface area contributed by atoms with Crippen molar-refractivity contribution in [3.63, 3.8) is 0 Å². The van der Waals surface area contributed by atoms with Crippen LogP contribution in [0.5, 0.6) is 0 Å². The largest absolute Gasteiger partial charge is 0.235 e. The van der Waals surface area contributed by atoms with E-state index in [1.165, 1.54) is 49.9 Å². The number of allylic oxidation sites excluding steroid dienone is 1. The maximum Gasteiger partial charge on any atom is 0.131 e. The van der Waals surface area contributed by atoms with E-state index in [0.29, 0.717) is 5.41 Å². The molecule has 3 aromatic rings. The number of nitrogens with zero attached hydrogens (tertiary/aromatic N) is 1. The molecule has 3 heteroatoms. The normalized spacial score (nSPS) is 26.6. The van der Waals surface area contributed by atoms with Crippen molar-refractivity contribution < 1.29 is 0 Å². The van der Waals surface area contributed by atoms with E-state index in [4.69, 9.17) is 4.98 Å². The number of para-hydroxylation sites is 1. The molecule has 1 aliphatic heterocycles. The van der Waals surface area contributed by atoms with Crippen LogP contribution >= 0.6 is 23.1 Å². The molecular formula is C22H19NS2.